The number of aryl methyl sites for hydroxylation is 1. The number of nitrogen functional groups attached to an aromatic ring is 1. The number of hydrogen-bond acceptors (Lipinski definition) is 4. The first-order valence-corrected chi connectivity index (χ1v) is 12.1. The molecule has 0 radical (unpaired) electrons. The Morgan fingerprint density at radius 3 is 2.59 bits per heavy atom. The molecule has 32 heavy (non-hydrogen) atoms. The predicted octanol–water partition coefficient (Wildman–Crippen LogP) is 7.36. The van der Waals surface area contributed by atoms with Gasteiger partial charge in [0.15, 0.2) is 0 Å². The summed E-state index contributed by atoms with van der Waals surface area (Å²) in [5.74, 6) is 0.105. The van der Waals surface area contributed by atoms with Gasteiger partial charge in [-0.05, 0) is 54.5 Å². The molecule has 2 aromatic carbocycles. The lowest BCUT2D eigenvalue weighted by atomic mass is 9.82. The summed E-state index contributed by atoms with van der Waals surface area (Å²) in [6.45, 7) is 0. The lowest BCUT2D eigenvalue weighted by molar-refractivity contribution is 0.103. The van der Waals surface area contributed by atoms with Crippen LogP contribution in [0.3, 0.4) is 0 Å². The minimum Gasteiger partial charge on any atom is -0.397 e. The molecule has 2 heterocycles. The number of nitrogens with zero attached hydrogens (tertiary/aromatic N) is 1. The van der Waals surface area contributed by atoms with Crippen molar-refractivity contribution in [1.29, 1.82) is 0 Å². The van der Waals surface area contributed by atoms with E-state index in [0.717, 1.165) is 35.2 Å². The Morgan fingerprint density at radius 1 is 1.06 bits per heavy atom. The zero-order valence-electron chi connectivity index (χ0n) is 16.8. The lowest BCUT2D eigenvalue weighted by Gasteiger charge is -2.24. The van der Waals surface area contributed by atoms with Gasteiger partial charge in [-0.25, -0.2) is 4.98 Å². The molecule has 5 rings (SSSR count). The van der Waals surface area contributed by atoms with Gasteiger partial charge < -0.3 is 11.1 Å². The molecular weight excluding hydrogens is 485 g/mol. The van der Waals surface area contributed by atoms with Crippen molar-refractivity contribution >= 4 is 73.6 Å². The zero-order chi connectivity index (χ0) is 22.4. The summed E-state index contributed by atoms with van der Waals surface area (Å²) in [5, 5.41) is 4.52. The number of amides is 1. The largest absolute Gasteiger partial charge is 0.397 e. The van der Waals surface area contributed by atoms with Gasteiger partial charge in [0.05, 0.1) is 26.4 Å². The third kappa shape index (κ3) is 3.95. The van der Waals surface area contributed by atoms with Crippen molar-refractivity contribution in [2.75, 3.05) is 11.1 Å². The molecule has 0 saturated heterocycles. The highest BCUT2D eigenvalue weighted by atomic mass is 35.5. The molecule has 8 heteroatoms. The zero-order valence-corrected chi connectivity index (χ0v) is 19.9. The van der Waals surface area contributed by atoms with Crippen LogP contribution in [0, 0.1) is 0 Å². The van der Waals surface area contributed by atoms with Gasteiger partial charge in [0.1, 0.15) is 9.71 Å². The molecule has 0 fully saturated rings. The Bertz CT molecular complexity index is 1350. The molecule has 1 aliphatic carbocycles. The van der Waals surface area contributed by atoms with Crippen molar-refractivity contribution in [2.45, 2.75) is 25.2 Å². The summed E-state index contributed by atoms with van der Waals surface area (Å²) in [6, 6.07) is 15.7. The van der Waals surface area contributed by atoms with Crippen LogP contribution in [0.25, 0.3) is 10.2 Å². The fourth-order valence-corrected chi connectivity index (χ4v) is 5.75. The Kier molecular flexibility index (Phi) is 5.76. The maximum Gasteiger partial charge on any atom is 0.267 e. The molecule has 1 aliphatic rings. The summed E-state index contributed by atoms with van der Waals surface area (Å²) < 4.78 is 0. The number of carbonyl (C=O) groups excluding carboxylic acids is 1. The molecule has 0 bridgehead atoms. The number of nitrogens with two attached hydrogens (primary N) is 1. The molecule has 4 nitrogen and oxygen atoms in total. The number of hydrogen-bond donors (Lipinski definition) is 2. The van der Waals surface area contributed by atoms with Crippen LogP contribution >= 0.6 is 46.1 Å². The number of halogens is 3. The van der Waals surface area contributed by atoms with Crippen LogP contribution in [-0.2, 0) is 12.8 Å². The number of carbonyl (C=O) groups is 1. The van der Waals surface area contributed by atoms with E-state index in [4.69, 9.17) is 45.5 Å². The Morgan fingerprint density at radius 2 is 1.81 bits per heavy atom. The van der Waals surface area contributed by atoms with E-state index in [-0.39, 0.29) is 5.91 Å². The van der Waals surface area contributed by atoms with Crippen LogP contribution in [0.4, 0.5) is 11.4 Å². The van der Waals surface area contributed by atoms with Gasteiger partial charge in [-0.3, -0.25) is 4.79 Å². The maximum absolute atomic E-state index is 13.0. The highest BCUT2D eigenvalue weighted by Gasteiger charge is 2.25. The van der Waals surface area contributed by atoms with Crippen LogP contribution in [0.2, 0.25) is 15.1 Å². The number of thiophene rings is 1. The van der Waals surface area contributed by atoms with Crippen molar-refractivity contribution < 1.29 is 4.79 Å². The standard InChI is InChI=1S/C24H18Cl3N3OS/c25-16-10-18(27)20(11-17(16)26)29-23(31)22-21(28)15-9-14-8-13(12-4-2-1-3-5-12)6-7-19(14)30-24(15)32-22/h1-5,9-11,13H,6-8,28H2,(H,29,31). The monoisotopic (exact) mass is 501 g/mol. The minimum absolute atomic E-state index is 0.299. The predicted molar refractivity (Wildman–Crippen MR) is 135 cm³/mol. The summed E-state index contributed by atoms with van der Waals surface area (Å²) >= 11 is 19.5. The molecule has 0 aliphatic heterocycles. The van der Waals surface area contributed by atoms with Crippen LogP contribution < -0.4 is 11.1 Å². The Balaban J connectivity index is 1.46. The quantitative estimate of drug-likeness (QED) is 0.287. The second-order valence-electron chi connectivity index (χ2n) is 7.84. The van der Waals surface area contributed by atoms with Crippen molar-refractivity contribution in [3.8, 4) is 0 Å². The minimum atomic E-state index is -0.356. The van der Waals surface area contributed by atoms with Gasteiger partial charge in [0.25, 0.3) is 5.91 Å². The number of benzene rings is 2. The van der Waals surface area contributed by atoms with Crippen molar-refractivity contribution in [1.82, 2.24) is 4.98 Å². The normalized spacial score (nSPS) is 15.5. The van der Waals surface area contributed by atoms with Crippen molar-refractivity contribution in [2.24, 2.45) is 0 Å². The third-order valence-electron chi connectivity index (χ3n) is 5.82. The number of pyridine rings is 1. The molecule has 0 saturated carbocycles. The molecule has 0 spiro atoms. The van der Waals surface area contributed by atoms with E-state index >= 15 is 0 Å². The average Bonchev–Trinajstić information content (AvgIpc) is 3.11. The SMILES string of the molecule is Nc1c(C(=O)Nc2cc(Cl)c(Cl)cc2Cl)sc2nc3c(cc12)CC(c1ccccc1)CC3. The molecular formula is C24H18Cl3N3OS. The van der Waals surface area contributed by atoms with Gasteiger partial charge in [0, 0.05) is 11.1 Å². The molecule has 1 amide bonds. The second kappa shape index (κ2) is 8.56. The van der Waals surface area contributed by atoms with Gasteiger partial charge in [0.2, 0.25) is 0 Å². The van der Waals surface area contributed by atoms with E-state index in [1.807, 2.05) is 6.07 Å². The fraction of sp³-hybridized carbons (Fsp3) is 0.167. The summed E-state index contributed by atoms with van der Waals surface area (Å²) in [4.78, 5) is 19.0. The van der Waals surface area contributed by atoms with Gasteiger partial charge in [-0.1, -0.05) is 65.1 Å². The van der Waals surface area contributed by atoms with E-state index in [0.29, 0.717) is 37.2 Å². The van der Waals surface area contributed by atoms with Crippen LogP contribution in [0.5, 0.6) is 0 Å². The molecule has 2 aromatic heterocycles. The highest BCUT2D eigenvalue weighted by molar-refractivity contribution is 7.21. The number of anilines is 2. The second-order valence-corrected chi connectivity index (χ2v) is 10.1. The highest BCUT2D eigenvalue weighted by Crippen LogP contribution is 2.39. The van der Waals surface area contributed by atoms with E-state index in [9.17, 15) is 4.79 Å². The smallest absolute Gasteiger partial charge is 0.267 e. The molecule has 1 unspecified atom stereocenters. The molecule has 162 valence electrons. The first-order valence-electron chi connectivity index (χ1n) is 10.1. The van der Waals surface area contributed by atoms with Crippen molar-refractivity contribution in [3.05, 3.63) is 85.3 Å². The van der Waals surface area contributed by atoms with Gasteiger partial charge in [-0.15, -0.1) is 11.3 Å². The summed E-state index contributed by atoms with van der Waals surface area (Å²) in [7, 11) is 0. The average molecular weight is 503 g/mol. The first-order chi connectivity index (χ1) is 15.4. The number of fused-ring (bicyclic) bond motifs is 2. The van der Waals surface area contributed by atoms with E-state index in [1.165, 1.54) is 34.6 Å². The van der Waals surface area contributed by atoms with Crippen LogP contribution in [-0.4, -0.2) is 10.9 Å². The van der Waals surface area contributed by atoms with Crippen LogP contribution in [0.15, 0.2) is 48.5 Å². The van der Waals surface area contributed by atoms with Crippen molar-refractivity contribution in [3.63, 3.8) is 0 Å². The Labute approximate surface area is 204 Å². The fourth-order valence-electron chi connectivity index (χ4n) is 4.17. The first kappa shape index (κ1) is 21.5. The summed E-state index contributed by atoms with van der Waals surface area (Å²) in [6.07, 6.45) is 2.88. The third-order valence-corrected chi connectivity index (χ3v) is 7.97. The number of aromatic nitrogens is 1. The number of nitrogens with one attached hydrogen (secondary N) is 1. The summed E-state index contributed by atoms with van der Waals surface area (Å²) in [5.41, 5.74) is 10.8. The lowest BCUT2D eigenvalue weighted by Crippen LogP contribution is -2.14. The Hall–Kier alpha value is -2.31. The van der Waals surface area contributed by atoms with E-state index < -0.39 is 0 Å². The molecule has 3 N–H and O–H groups in total. The van der Waals surface area contributed by atoms with Gasteiger partial charge >= 0.3 is 0 Å². The topological polar surface area (TPSA) is 68.0 Å². The van der Waals surface area contributed by atoms with Gasteiger partial charge in [-0.2, -0.15) is 0 Å². The maximum atomic E-state index is 13.0. The van der Waals surface area contributed by atoms with E-state index in [2.05, 4.69) is 35.6 Å². The van der Waals surface area contributed by atoms with E-state index in [1.54, 1.807) is 0 Å². The number of rotatable bonds is 3. The molecule has 4 aromatic rings. The molecule has 1 atom stereocenters. The van der Waals surface area contributed by atoms with Crippen LogP contribution in [0.1, 0.15) is 38.8 Å².